The van der Waals surface area contributed by atoms with Gasteiger partial charge in [0.25, 0.3) is 0 Å². The molecule has 0 spiro atoms. The van der Waals surface area contributed by atoms with Crippen LogP contribution in [0.3, 0.4) is 0 Å². The molecule has 1 aliphatic carbocycles. The highest BCUT2D eigenvalue weighted by Gasteiger charge is 2.48. The SMILES string of the molecule is COC(=O)c1cc(CNC2(C(N)=O)CC2)c(C)s1. The Labute approximate surface area is 109 Å². The predicted molar refractivity (Wildman–Crippen MR) is 68.4 cm³/mol. The van der Waals surface area contributed by atoms with Crippen molar-refractivity contribution in [3.63, 3.8) is 0 Å². The molecule has 18 heavy (non-hydrogen) atoms. The molecule has 0 radical (unpaired) electrons. The van der Waals surface area contributed by atoms with E-state index in [0.717, 1.165) is 23.3 Å². The zero-order valence-corrected chi connectivity index (χ0v) is 11.2. The van der Waals surface area contributed by atoms with Crippen LogP contribution >= 0.6 is 11.3 Å². The summed E-state index contributed by atoms with van der Waals surface area (Å²) in [6.45, 7) is 2.49. The van der Waals surface area contributed by atoms with Gasteiger partial charge in [0.05, 0.1) is 12.6 Å². The lowest BCUT2D eigenvalue weighted by Crippen LogP contribution is -2.43. The van der Waals surface area contributed by atoms with E-state index in [0.29, 0.717) is 11.4 Å². The first-order valence-corrected chi connectivity index (χ1v) is 6.53. The molecule has 0 atom stereocenters. The molecule has 3 N–H and O–H groups in total. The summed E-state index contributed by atoms with van der Waals surface area (Å²) in [6.07, 6.45) is 1.57. The molecule has 0 saturated heterocycles. The summed E-state index contributed by atoms with van der Waals surface area (Å²) >= 11 is 1.40. The third-order valence-electron chi connectivity index (χ3n) is 3.25. The number of hydrogen-bond donors (Lipinski definition) is 2. The van der Waals surface area contributed by atoms with E-state index in [-0.39, 0.29) is 11.9 Å². The van der Waals surface area contributed by atoms with Gasteiger partial charge < -0.3 is 10.5 Å². The molecule has 98 valence electrons. The number of methoxy groups -OCH3 is 1. The van der Waals surface area contributed by atoms with Gasteiger partial charge in [-0.05, 0) is 31.4 Å². The number of carbonyl (C=O) groups excluding carboxylic acids is 2. The normalized spacial score (nSPS) is 16.3. The van der Waals surface area contributed by atoms with E-state index in [2.05, 4.69) is 10.1 Å². The number of primary amides is 1. The molecule has 5 nitrogen and oxygen atoms in total. The Bertz CT molecular complexity index is 492. The van der Waals surface area contributed by atoms with Crippen LogP contribution in [0.2, 0.25) is 0 Å². The molecule has 1 aliphatic rings. The number of esters is 1. The number of rotatable bonds is 5. The Hall–Kier alpha value is -1.40. The molecule has 1 saturated carbocycles. The first kappa shape index (κ1) is 13.0. The molecule has 1 heterocycles. The second kappa shape index (κ2) is 4.70. The van der Waals surface area contributed by atoms with Crippen LogP contribution in [-0.2, 0) is 16.1 Å². The van der Waals surface area contributed by atoms with Crippen molar-refractivity contribution in [3.05, 3.63) is 21.4 Å². The fourth-order valence-corrected chi connectivity index (χ4v) is 2.76. The maximum atomic E-state index is 11.4. The average Bonchev–Trinajstić information content (AvgIpc) is 3.05. The van der Waals surface area contributed by atoms with E-state index in [9.17, 15) is 9.59 Å². The lowest BCUT2D eigenvalue weighted by Gasteiger charge is -2.12. The molecule has 1 amide bonds. The van der Waals surface area contributed by atoms with Crippen LogP contribution in [0.1, 0.15) is 33.0 Å². The van der Waals surface area contributed by atoms with Gasteiger partial charge in [0, 0.05) is 11.4 Å². The average molecular weight is 268 g/mol. The second-order valence-corrected chi connectivity index (χ2v) is 5.74. The zero-order chi connectivity index (χ0) is 13.3. The second-order valence-electron chi connectivity index (χ2n) is 4.48. The van der Waals surface area contributed by atoms with Gasteiger partial charge in [0.1, 0.15) is 4.88 Å². The highest BCUT2D eigenvalue weighted by molar-refractivity contribution is 7.14. The summed E-state index contributed by atoms with van der Waals surface area (Å²) in [5.41, 5.74) is 5.82. The van der Waals surface area contributed by atoms with E-state index in [1.165, 1.54) is 18.4 Å². The fraction of sp³-hybridized carbons (Fsp3) is 0.500. The smallest absolute Gasteiger partial charge is 0.348 e. The van der Waals surface area contributed by atoms with Gasteiger partial charge in [0.2, 0.25) is 5.91 Å². The minimum absolute atomic E-state index is 0.302. The minimum atomic E-state index is -0.528. The number of nitrogens with one attached hydrogen (secondary N) is 1. The number of ether oxygens (including phenoxy) is 1. The van der Waals surface area contributed by atoms with Crippen LogP contribution in [0.15, 0.2) is 6.07 Å². The Balaban J connectivity index is 2.04. The molecule has 0 bridgehead atoms. The van der Waals surface area contributed by atoms with E-state index in [4.69, 9.17) is 5.73 Å². The van der Waals surface area contributed by atoms with Crippen LogP contribution in [0, 0.1) is 6.92 Å². The van der Waals surface area contributed by atoms with Crippen molar-refractivity contribution in [3.8, 4) is 0 Å². The molecule has 0 aromatic carbocycles. The summed E-state index contributed by atoms with van der Waals surface area (Å²) in [7, 11) is 1.36. The van der Waals surface area contributed by atoms with E-state index in [1.807, 2.05) is 6.92 Å². The van der Waals surface area contributed by atoms with Crippen molar-refractivity contribution in [1.82, 2.24) is 5.32 Å². The Morgan fingerprint density at radius 3 is 2.72 bits per heavy atom. The molecule has 1 aromatic rings. The summed E-state index contributed by atoms with van der Waals surface area (Å²) in [5, 5.41) is 3.18. The van der Waals surface area contributed by atoms with Crippen LogP contribution in [0.4, 0.5) is 0 Å². The van der Waals surface area contributed by atoms with Crippen LogP contribution in [-0.4, -0.2) is 24.5 Å². The van der Waals surface area contributed by atoms with Gasteiger partial charge in [-0.15, -0.1) is 11.3 Å². The number of carbonyl (C=O) groups is 2. The Morgan fingerprint density at radius 2 is 2.22 bits per heavy atom. The third-order valence-corrected chi connectivity index (χ3v) is 4.32. The summed E-state index contributed by atoms with van der Waals surface area (Å²) in [4.78, 5) is 24.3. The lowest BCUT2D eigenvalue weighted by molar-refractivity contribution is -0.121. The van der Waals surface area contributed by atoms with Gasteiger partial charge in [-0.25, -0.2) is 4.79 Å². The minimum Gasteiger partial charge on any atom is -0.465 e. The quantitative estimate of drug-likeness (QED) is 0.779. The standard InChI is InChI=1S/C12H16N2O3S/c1-7-8(5-9(18-7)10(15)17-2)6-14-12(3-4-12)11(13)16/h5,14H,3-4,6H2,1-2H3,(H2,13,16). The molecule has 1 fully saturated rings. The predicted octanol–water partition coefficient (Wildman–Crippen LogP) is 0.951. The Kier molecular flexibility index (Phi) is 3.41. The number of aryl methyl sites for hydroxylation is 1. The van der Waals surface area contributed by atoms with Crippen molar-refractivity contribution in [2.75, 3.05) is 7.11 Å². The number of hydrogen-bond acceptors (Lipinski definition) is 5. The monoisotopic (exact) mass is 268 g/mol. The topological polar surface area (TPSA) is 81.4 Å². The molecule has 0 unspecified atom stereocenters. The maximum Gasteiger partial charge on any atom is 0.348 e. The molecule has 6 heteroatoms. The molecular formula is C12H16N2O3S. The van der Waals surface area contributed by atoms with Gasteiger partial charge in [-0.2, -0.15) is 0 Å². The number of amides is 1. The fourth-order valence-electron chi connectivity index (χ4n) is 1.80. The van der Waals surface area contributed by atoms with E-state index < -0.39 is 5.54 Å². The largest absolute Gasteiger partial charge is 0.465 e. The third kappa shape index (κ3) is 2.39. The first-order chi connectivity index (χ1) is 8.48. The summed E-state index contributed by atoms with van der Waals surface area (Å²) < 4.78 is 4.68. The Morgan fingerprint density at radius 1 is 1.56 bits per heavy atom. The maximum absolute atomic E-state index is 11.4. The van der Waals surface area contributed by atoms with Crippen molar-refractivity contribution in [2.45, 2.75) is 31.8 Å². The molecule has 1 aromatic heterocycles. The summed E-state index contributed by atoms with van der Waals surface area (Å²) in [6, 6.07) is 1.80. The summed E-state index contributed by atoms with van der Waals surface area (Å²) in [5.74, 6) is -0.631. The van der Waals surface area contributed by atoms with Crippen LogP contribution < -0.4 is 11.1 Å². The van der Waals surface area contributed by atoms with Crippen molar-refractivity contribution in [1.29, 1.82) is 0 Å². The number of nitrogens with two attached hydrogens (primary N) is 1. The zero-order valence-electron chi connectivity index (χ0n) is 10.4. The highest BCUT2D eigenvalue weighted by atomic mass is 32.1. The van der Waals surface area contributed by atoms with Crippen LogP contribution in [0.25, 0.3) is 0 Å². The van der Waals surface area contributed by atoms with Gasteiger partial charge in [0.15, 0.2) is 0 Å². The van der Waals surface area contributed by atoms with Gasteiger partial charge >= 0.3 is 5.97 Å². The van der Waals surface area contributed by atoms with Crippen molar-refractivity contribution in [2.24, 2.45) is 5.73 Å². The van der Waals surface area contributed by atoms with Crippen LogP contribution in [0.5, 0.6) is 0 Å². The van der Waals surface area contributed by atoms with Gasteiger partial charge in [-0.1, -0.05) is 0 Å². The molecule has 2 rings (SSSR count). The lowest BCUT2D eigenvalue weighted by atomic mass is 10.2. The number of thiophene rings is 1. The molecule has 0 aliphatic heterocycles. The molecular weight excluding hydrogens is 252 g/mol. The van der Waals surface area contributed by atoms with Crippen molar-refractivity contribution >= 4 is 23.2 Å². The van der Waals surface area contributed by atoms with Gasteiger partial charge in [-0.3, -0.25) is 10.1 Å². The first-order valence-electron chi connectivity index (χ1n) is 5.71. The van der Waals surface area contributed by atoms with E-state index in [1.54, 1.807) is 6.07 Å². The van der Waals surface area contributed by atoms with E-state index >= 15 is 0 Å². The van der Waals surface area contributed by atoms with Crippen molar-refractivity contribution < 1.29 is 14.3 Å². The highest BCUT2D eigenvalue weighted by Crippen LogP contribution is 2.35.